The highest BCUT2D eigenvalue weighted by Crippen LogP contribution is 2.23. The van der Waals surface area contributed by atoms with Crippen LogP contribution in [-0.4, -0.2) is 40.6 Å². The zero-order valence-corrected chi connectivity index (χ0v) is 12.0. The minimum Gasteiger partial charge on any atom is -0.353 e. The number of aromatic nitrogens is 2. The molecule has 4 nitrogen and oxygen atoms in total. The lowest BCUT2D eigenvalue weighted by Crippen LogP contribution is -2.32. The van der Waals surface area contributed by atoms with Crippen LogP contribution in [0.25, 0.3) is 0 Å². The summed E-state index contributed by atoms with van der Waals surface area (Å²) in [6.07, 6.45) is 12.1. The van der Waals surface area contributed by atoms with Gasteiger partial charge in [0.1, 0.15) is 0 Å². The van der Waals surface area contributed by atoms with E-state index in [1.165, 1.54) is 51.6 Å². The van der Waals surface area contributed by atoms with Crippen molar-refractivity contribution in [2.45, 2.75) is 51.1 Å². The van der Waals surface area contributed by atoms with Crippen molar-refractivity contribution in [3.8, 4) is 0 Å². The van der Waals surface area contributed by atoms with E-state index in [4.69, 9.17) is 0 Å². The molecule has 19 heavy (non-hydrogen) atoms. The van der Waals surface area contributed by atoms with Crippen molar-refractivity contribution in [1.29, 1.82) is 0 Å². The predicted octanol–water partition coefficient (Wildman–Crippen LogP) is 2.58. The van der Waals surface area contributed by atoms with Crippen LogP contribution in [0.3, 0.4) is 0 Å². The lowest BCUT2D eigenvalue weighted by Gasteiger charge is -2.29. The SMILES string of the molecule is CN1CCC(Cn2ccnc2NC2CCCC2)CC1. The molecule has 0 bridgehead atoms. The summed E-state index contributed by atoms with van der Waals surface area (Å²) in [5.41, 5.74) is 0. The molecule has 1 N–H and O–H groups in total. The highest BCUT2D eigenvalue weighted by Gasteiger charge is 2.20. The van der Waals surface area contributed by atoms with Crippen molar-refractivity contribution < 1.29 is 0 Å². The van der Waals surface area contributed by atoms with Gasteiger partial charge in [-0.3, -0.25) is 0 Å². The number of likely N-dealkylation sites (tertiary alicyclic amines) is 1. The van der Waals surface area contributed by atoms with Crippen molar-refractivity contribution in [3.63, 3.8) is 0 Å². The lowest BCUT2D eigenvalue weighted by molar-refractivity contribution is 0.205. The van der Waals surface area contributed by atoms with E-state index in [0.717, 1.165) is 18.4 Å². The average molecular weight is 262 g/mol. The summed E-state index contributed by atoms with van der Waals surface area (Å²) in [6, 6.07) is 0.652. The molecule has 1 saturated heterocycles. The lowest BCUT2D eigenvalue weighted by atomic mass is 9.97. The van der Waals surface area contributed by atoms with Crippen LogP contribution in [0.4, 0.5) is 5.95 Å². The maximum absolute atomic E-state index is 4.50. The molecule has 0 aromatic carbocycles. The molecule has 0 atom stereocenters. The Bertz CT molecular complexity index is 387. The van der Waals surface area contributed by atoms with E-state index in [2.05, 4.69) is 33.0 Å². The number of piperidine rings is 1. The topological polar surface area (TPSA) is 33.1 Å². The molecule has 2 heterocycles. The van der Waals surface area contributed by atoms with Crippen LogP contribution in [0.2, 0.25) is 0 Å². The summed E-state index contributed by atoms with van der Waals surface area (Å²) in [5.74, 6) is 1.90. The maximum Gasteiger partial charge on any atom is 0.202 e. The Labute approximate surface area is 116 Å². The van der Waals surface area contributed by atoms with Gasteiger partial charge >= 0.3 is 0 Å². The van der Waals surface area contributed by atoms with Gasteiger partial charge in [0.2, 0.25) is 5.95 Å². The van der Waals surface area contributed by atoms with E-state index in [9.17, 15) is 0 Å². The first kappa shape index (κ1) is 13.0. The predicted molar refractivity (Wildman–Crippen MR) is 78.3 cm³/mol. The van der Waals surface area contributed by atoms with E-state index in [0.29, 0.717) is 6.04 Å². The summed E-state index contributed by atoms with van der Waals surface area (Å²) in [6.45, 7) is 3.61. The zero-order chi connectivity index (χ0) is 13.1. The molecule has 2 aliphatic rings. The van der Waals surface area contributed by atoms with Gasteiger partial charge in [-0.05, 0) is 51.7 Å². The number of nitrogens with zero attached hydrogens (tertiary/aromatic N) is 3. The van der Waals surface area contributed by atoms with Gasteiger partial charge in [-0.25, -0.2) is 4.98 Å². The molecular formula is C15H26N4. The second kappa shape index (κ2) is 5.95. The summed E-state index contributed by atoms with van der Waals surface area (Å²) in [4.78, 5) is 6.93. The molecule has 1 aromatic rings. The summed E-state index contributed by atoms with van der Waals surface area (Å²) < 4.78 is 2.33. The third kappa shape index (κ3) is 3.30. The van der Waals surface area contributed by atoms with Gasteiger partial charge in [0.15, 0.2) is 0 Å². The molecule has 0 spiro atoms. The van der Waals surface area contributed by atoms with Crippen LogP contribution in [0, 0.1) is 5.92 Å². The van der Waals surface area contributed by atoms with Crippen molar-refractivity contribution in [2.24, 2.45) is 5.92 Å². The number of nitrogens with one attached hydrogen (secondary N) is 1. The molecule has 4 heteroatoms. The van der Waals surface area contributed by atoms with Crippen LogP contribution >= 0.6 is 0 Å². The third-order valence-corrected chi connectivity index (χ3v) is 4.70. The van der Waals surface area contributed by atoms with Gasteiger partial charge in [0.25, 0.3) is 0 Å². The van der Waals surface area contributed by atoms with E-state index in [-0.39, 0.29) is 0 Å². The van der Waals surface area contributed by atoms with Gasteiger partial charge in [0.05, 0.1) is 0 Å². The van der Waals surface area contributed by atoms with Crippen molar-refractivity contribution >= 4 is 5.95 Å². The molecule has 0 unspecified atom stereocenters. The van der Waals surface area contributed by atoms with Gasteiger partial charge < -0.3 is 14.8 Å². The Morgan fingerprint density at radius 3 is 2.68 bits per heavy atom. The van der Waals surface area contributed by atoms with E-state index in [1.54, 1.807) is 0 Å². The Hall–Kier alpha value is -1.03. The Morgan fingerprint density at radius 1 is 1.21 bits per heavy atom. The molecule has 0 radical (unpaired) electrons. The van der Waals surface area contributed by atoms with Crippen molar-refractivity contribution in [1.82, 2.24) is 14.5 Å². The van der Waals surface area contributed by atoms with Gasteiger partial charge in [-0.15, -0.1) is 0 Å². The normalized spacial score (nSPS) is 23.0. The fourth-order valence-electron chi connectivity index (χ4n) is 3.37. The van der Waals surface area contributed by atoms with E-state index >= 15 is 0 Å². The minimum absolute atomic E-state index is 0.652. The fraction of sp³-hybridized carbons (Fsp3) is 0.800. The number of anilines is 1. The molecule has 106 valence electrons. The Balaban J connectivity index is 1.57. The zero-order valence-electron chi connectivity index (χ0n) is 12.0. The highest BCUT2D eigenvalue weighted by atomic mass is 15.2. The molecule has 1 aromatic heterocycles. The van der Waals surface area contributed by atoms with Crippen LogP contribution in [0.15, 0.2) is 12.4 Å². The average Bonchev–Trinajstić information content (AvgIpc) is 3.06. The summed E-state index contributed by atoms with van der Waals surface area (Å²) in [5, 5.41) is 3.63. The minimum atomic E-state index is 0.652. The molecular weight excluding hydrogens is 236 g/mol. The van der Waals surface area contributed by atoms with Crippen LogP contribution in [0.5, 0.6) is 0 Å². The molecule has 1 saturated carbocycles. The van der Waals surface area contributed by atoms with Crippen LogP contribution in [0.1, 0.15) is 38.5 Å². The second-order valence-corrected chi connectivity index (χ2v) is 6.28. The van der Waals surface area contributed by atoms with Crippen LogP contribution in [-0.2, 0) is 6.54 Å². The van der Waals surface area contributed by atoms with Crippen LogP contribution < -0.4 is 5.32 Å². The monoisotopic (exact) mass is 262 g/mol. The van der Waals surface area contributed by atoms with Crippen molar-refractivity contribution in [3.05, 3.63) is 12.4 Å². The quantitative estimate of drug-likeness (QED) is 0.905. The number of imidazole rings is 1. The number of hydrogen-bond acceptors (Lipinski definition) is 3. The summed E-state index contributed by atoms with van der Waals surface area (Å²) in [7, 11) is 2.22. The molecule has 3 rings (SSSR count). The Kier molecular flexibility index (Phi) is 4.06. The molecule has 1 aliphatic heterocycles. The van der Waals surface area contributed by atoms with E-state index < -0.39 is 0 Å². The molecule has 2 fully saturated rings. The fourth-order valence-corrected chi connectivity index (χ4v) is 3.37. The van der Waals surface area contributed by atoms with Gasteiger partial charge in [0, 0.05) is 25.0 Å². The largest absolute Gasteiger partial charge is 0.353 e. The Morgan fingerprint density at radius 2 is 1.95 bits per heavy atom. The highest BCUT2D eigenvalue weighted by molar-refractivity contribution is 5.28. The number of rotatable bonds is 4. The second-order valence-electron chi connectivity index (χ2n) is 6.28. The molecule has 1 aliphatic carbocycles. The van der Waals surface area contributed by atoms with E-state index in [1.807, 2.05) is 6.20 Å². The van der Waals surface area contributed by atoms with Gasteiger partial charge in [-0.2, -0.15) is 0 Å². The third-order valence-electron chi connectivity index (χ3n) is 4.70. The number of hydrogen-bond donors (Lipinski definition) is 1. The maximum atomic E-state index is 4.50. The van der Waals surface area contributed by atoms with Crippen molar-refractivity contribution in [2.75, 3.05) is 25.5 Å². The smallest absolute Gasteiger partial charge is 0.202 e. The standard InChI is InChI=1S/C15H26N4/c1-18-9-6-13(7-10-18)12-19-11-8-16-15(19)17-14-4-2-3-5-14/h8,11,13-14H,2-7,9-10,12H2,1H3,(H,16,17). The first-order chi connectivity index (χ1) is 9.31. The molecule has 0 amide bonds. The first-order valence-electron chi connectivity index (χ1n) is 7.77. The summed E-state index contributed by atoms with van der Waals surface area (Å²) >= 11 is 0. The first-order valence-corrected chi connectivity index (χ1v) is 7.77. The van der Waals surface area contributed by atoms with Gasteiger partial charge in [-0.1, -0.05) is 12.8 Å².